The van der Waals surface area contributed by atoms with Crippen LogP contribution in [0.3, 0.4) is 0 Å². The molecule has 0 radical (unpaired) electrons. The Hall–Kier alpha value is -2.58. The summed E-state index contributed by atoms with van der Waals surface area (Å²) < 4.78 is 1.24. The van der Waals surface area contributed by atoms with Crippen LogP contribution in [0.5, 0.6) is 0 Å². The third-order valence-corrected chi connectivity index (χ3v) is 2.46. The maximum atomic E-state index is 11.3. The van der Waals surface area contributed by atoms with Gasteiger partial charge in [-0.2, -0.15) is 5.10 Å². The van der Waals surface area contributed by atoms with E-state index in [0.717, 1.165) is 0 Å². The molecule has 1 aromatic rings. The second-order valence-electron chi connectivity index (χ2n) is 3.93. The van der Waals surface area contributed by atoms with Crippen LogP contribution in [0.25, 0.3) is 0 Å². The standard InChI is InChI=1S/C10H14N4O5/c1-4-7(8(11)17)9(14(2)13-4)12-5(10(18)19)3-6(15)16/h5,12H,3H2,1-2H3,(H2,11,17)(H,15,16)(H,18,19). The number of nitrogens with zero attached hydrogens (tertiary/aromatic N) is 2. The lowest BCUT2D eigenvalue weighted by Gasteiger charge is -2.14. The van der Waals surface area contributed by atoms with Crippen molar-refractivity contribution in [2.24, 2.45) is 12.8 Å². The number of carboxylic acids is 2. The first kappa shape index (κ1) is 14.5. The highest BCUT2D eigenvalue weighted by molar-refractivity contribution is 5.99. The lowest BCUT2D eigenvalue weighted by atomic mass is 10.2. The molecule has 1 unspecified atom stereocenters. The van der Waals surface area contributed by atoms with Crippen molar-refractivity contribution in [1.82, 2.24) is 9.78 Å². The first-order chi connectivity index (χ1) is 8.73. The quantitative estimate of drug-likeness (QED) is 0.527. The fourth-order valence-corrected chi connectivity index (χ4v) is 1.66. The fourth-order valence-electron chi connectivity index (χ4n) is 1.66. The van der Waals surface area contributed by atoms with Crippen LogP contribution in [-0.2, 0) is 16.6 Å². The Bertz CT molecular complexity index is 536. The number of carboxylic acid groups (broad SMARTS) is 2. The zero-order valence-electron chi connectivity index (χ0n) is 10.4. The Balaban J connectivity index is 3.12. The number of rotatable bonds is 6. The summed E-state index contributed by atoms with van der Waals surface area (Å²) in [4.78, 5) is 32.9. The van der Waals surface area contributed by atoms with Crippen molar-refractivity contribution >= 4 is 23.7 Å². The minimum Gasteiger partial charge on any atom is -0.481 e. The van der Waals surface area contributed by atoms with E-state index in [-0.39, 0.29) is 11.4 Å². The third-order valence-electron chi connectivity index (χ3n) is 2.46. The Kier molecular flexibility index (Phi) is 4.10. The van der Waals surface area contributed by atoms with Gasteiger partial charge in [-0.15, -0.1) is 0 Å². The molecule has 0 aliphatic carbocycles. The van der Waals surface area contributed by atoms with Crippen LogP contribution in [0.4, 0.5) is 5.82 Å². The molecule has 1 amide bonds. The predicted octanol–water partition coefficient (Wildman–Crippen LogP) is -0.833. The monoisotopic (exact) mass is 270 g/mol. The molecule has 0 spiro atoms. The number of primary amides is 1. The molecule has 5 N–H and O–H groups in total. The van der Waals surface area contributed by atoms with E-state index in [9.17, 15) is 14.4 Å². The van der Waals surface area contributed by atoms with Crippen LogP contribution in [0, 0.1) is 6.92 Å². The largest absolute Gasteiger partial charge is 0.481 e. The molecular formula is C10H14N4O5. The van der Waals surface area contributed by atoms with E-state index in [4.69, 9.17) is 15.9 Å². The van der Waals surface area contributed by atoms with E-state index in [1.54, 1.807) is 0 Å². The van der Waals surface area contributed by atoms with Crippen molar-refractivity contribution in [2.75, 3.05) is 5.32 Å². The molecule has 9 heteroatoms. The molecule has 1 heterocycles. The van der Waals surface area contributed by atoms with Gasteiger partial charge >= 0.3 is 11.9 Å². The van der Waals surface area contributed by atoms with Gasteiger partial charge in [0.25, 0.3) is 5.91 Å². The molecule has 0 bridgehead atoms. The van der Waals surface area contributed by atoms with Crippen LogP contribution in [-0.4, -0.2) is 43.9 Å². The first-order valence-electron chi connectivity index (χ1n) is 5.28. The van der Waals surface area contributed by atoms with Crippen LogP contribution < -0.4 is 11.1 Å². The average Bonchev–Trinajstić information content (AvgIpc) is 2.51. The number of aromatic nitrogens is 2. The van der Waals surface area contributed by atoms with Crippen molar-refractivity contribution in [1.29, 1.82) is 0 Å². The van der Waals surface area contributed by atoms with Gasteiger partial charge in [-0.3, -0.25) is 14.3 Å². The number of aryl methyl sites for hydroxylation is 2. The number of aliphatic carboxylic acids is 2. The molecule has 19 heavy (non-hydrogen) atoms. The first-order valence-corrected chi connectivity index (χ1v) is 5.28. The molecule has 9 nitrogen and oxygen atoms in total. The van der Waals surface area contributed by atoms with Gasteiger partial charge in [0.15, 0.2) is 0 Å². The fraction of sp³-hybridized carbons (Fsp3) is 0.400. The SMILES string of the molecule is Cc1nn(C)c(NC(CC(=O)O)C(=O)O)c1C(N)=O. The number of amides is 1. The molecule has 0 fully saturated rings. The van der Waals surface area contributed by atoms with Gasteiger partial charge < -0.3 is 21.3 Å². The second kappa shape index (κ2) is 5.38. The van der Waals surface area contributed by atoms with Crippen LogP contribution >= 0.6 is 0 Å². The lowest BCUT2D eigenvalue weighted by Crippen LogP contribution is -2.33. The molecular weight excluding hydrogens is 256 g/mol. The molecule has 1 rings (SSSR count). The van der Waals surface area contributed by atoms with E-state index >= 15 is 0 Å². The van der Waals surface area contributed by atoms with Crippen molar-refractivity contribution in [3.8, 4) is 0 Å². The number of anilines is 1. The van der Waals surface area contributed by atoms with Gasteiger partial charge in [-0.1, -0.05) is 0 Å². The molecule has 104 valence electrons. The van der Waals surface area contributed by atoms with Gasteiger partial charge in [0.1, 0.15) is 17.4 Å². The van der Waals surface area contributed by atoms with Crippen molar-refractivity contribution < 1.29 is 24.6 Å². The third kappa shape index (κ3) is 3.21. The van der Waals surface area contributed by atoms with Gasteiger partial charge in [0.2, 0.25) is 0 Å². The lowest BCUT2D eigenvalue weighted by molar-refractivity contribution is -0.144. The van der Waals surface area contributed by atoms with E-state index in [1.165, 1.54) is 18.7 Å². The zero-order valence-corrected chi connectivity index (χ0v) is 10.4. The predicted molar refractivity (Wildman–Crippen MR) is 63.8 cm³/mol. The summed E-state index contributed by atoms with van der Waals surface area (Å²) in [5.41, 5.74) is 5.56. The molecule has 0 saturated carbocycles. The number of hydrogen-bond acceptors (Lipinski definition) is 5. The average molecular weight is 270 g/mol. The molecule has 1 aromatic heterocycles. The van der Waals surface area contributed by atoms with Gasteiger partial charge in [-0.25, -0.2) is 4.79 Å². The van der Waals surface area contributed by atoms with Crippen LogP contribution in [0.2, 0.25) is 0 Å². The minimum absolute atomic E-state index is 0.0409. The highest BCUT2D eigenvalue weighted by Gasteiger charge is 2.26. The zero-order chi connectivity index (χ0) is 14.7. The Morgan fingerprint density at radius 2 is 2.00 bits per heavy atom. The molecule has 0 aromatic carbocycles. The molecule has 0 saturated heterocycles. The Morgan fingerprint density at radius 3 is 2.42 bits per heavy atom. The van der Waals surface area contributed by atoms with E-state index in [1.807, 2.05) is 0 Å². The normalized spacial score (nSPS) is 11.9. The van der Waals surface area contributed by atoms with Crippen molar-refractivity contribution in [3.63, 3.8) is 0 Å². The second-order valence-corrected chi connectivity index (χ2v) is 3.93. The van der Waals surface area contributed by atoms with Crippen molar-refractivity contribution in [2.45, 2.75) is 19.4 Å². The summed E-state index contributed by atoms with van der Waals surface area (Å²) in [7, 11) is 1.49. The summed E-state index contributed by atoms with van der Waals surface area (Å²) in [6.07, 6.45) is -0.641. The maximum Gasteiger partial charge on any atom is 0.326 e. The van der Waals surface area contributed by atoms with Crippen molar-refractivity contribution in [3.05, 3.63) is 11.3 Å². The van der Waals surface area contributed by atoms with E-state index in [0.29, 0.717) is 5.69 Å². The summed E-state index contributed by atoms with van der Waals surface area (Å²) in [5.74, 6) is -3.32. The molecule has 1 atom stereocenters. The topological polar surface area (TPSA) is 148 Å². The van der Waals surface area contributed by atoms with E-state index < -0.39 is 30.3 Å². The summed E-state index contributed by atoms with van der Waals surface area (Å²) in [6, 6.07) is -1.38. The highest BCUT2D eigenvalue weighted by atomic mass is 16.4. The number of nitrogens with two attached hydrogens (primary N) is 1. The Morgan fingerprint density at radius 1 is 1.42 bits per heavy atom. The smallest absolute Gasteiger partial charge is 0.326 e. The number of carbonyl (C=O) groups excluding carboxylic acids is 1. The highest BCUT2D eigenvalue weighted by Crippen LogP contribution is 2.19. The summed E-state index contributed by atoms with van der Waals surface area (Å²) in [6.45, 7) is 1.54. The van der Waals surface area contributed by atoms with Gasteiger partial charge in [-0.05, 0) is 6.92 Å². The van der Waals surface area contributed by atoms with Crippen LogP contribution in [0.1, 0.15) is 22.5 Å². The maximum absolute atomic E-state index is 11.3. The molecule has 0 aliphatic heterocycles. The number of nitrogens with one attached hydrogen (secondary N) is 1. The minimum atomic E-state index is -1.38. The summed E-state index contributed by atoms with van der Waals surface area (Å²) in [5, 5.41) is 24.0. The van der Waals surface area contributed by atoms with Gasteiger partial charge in [0, 0.05) is 7.05 Å². The van der Waals surface area contributed by atoms with Crippen LogP contribution in [0.15, 0.2) is 0 Å². The summed E-state index contributed by atoms with van der Waals surface area (Å²) >= 11 is 0. The van der Waals surface area contributed by atoms with E-state index in [2.05, 4.69) is 10.4 Å². The molecule has 0 aliphatic rings. The van der Waals surface area contributed by atoms with Gasteiger partial charge in [0.05, 0.1) is 12.1 Å². The number of carbonyl (C=O) groups is 3. The number of hydrogen-bond donors (Lipinski definition) is 4. The Labute approximate surface area is 108 Å².